The molecule has 0 spiro atoms. The number of nitrogens with zero attached hydrogens (tertiary/aromatic N) is 2. The van der Waals surface area contributed by atoms with Gasteiger partial charge in [-0.1, -0.05) is 39.5 Å². The summed E-state index contributed by atoms with van der Waals surface area (Å²) < 4.78 is 27.1. The van der Waals surface area contributed by atoms with Crippen LogP contribution in [0.2, 0.25) is 0 Å². The molecule has 0 fully saturated rings. The number of carbonyl (C=O) groups is 4. The number of unbranched alkanes of at least 4 members (excludes halogenated alkanes) is 1. The first-order valence-electron chi connectivity index (χ1n) is 17.7. The van der Waals surface area contributed by atoms with Gasteiger partial charge in [0.15, 0.2) is 0 Å². The largest absolute Gasteiger partial charge is 0.494 e. The summed E-state index contributed by atoms with van der Waals surface area (Å²) in [4.78, 5) is 48.6. The Hall–Kier alpha value is -6.10. The van der Waals surface area contributed by atoms with Crippen LogP contribution in [0.1, 0.15) is 78.3 Å². The second kappa shape index (κ2) is 20.2. The molecule has 4 rings (SSSR count). The maximum atomic E-state index is 12.9. The lowest BCUT2D eigenvalue weighted by molar-refractivity contribution is -0.144. The topological polar surface area (TPSA) is 139 Å². The van der Waals surface area contributed by atoms with E-state index >= 15 is 0 Å². The third-order valence-corrected chi connectivity index (χ3v) is 7.92. The van der Waals surface area contributed by atoms with Gasteiger partial charge in [0.25, 0.3) is 0 Å². The molecule has 11 nitrogen and oxygen atoms in total. The minimum atomic E-state index is -0.572. The number of carbonyl (C=O) groups excluding carboxylic acids is 4. The van der Waals surface area contributed by atoms with E-state index in [1.807, 2.05) is 24.3 Å². The highest BCUT2D eigenvalue weighted by Crippen LogP contribution is 2.27. The van der Waals surface area contributed by atoms with Gasteiger partial charge in [-0.15, -0.1) is 0 Å². The average Bonchev–Trinajstić information content (AvgIpc) is 3.16. The molecule has 0 aromatic heterocycles. The molecule has 11 heteroatoms. The van der Waals surface area contributed by atoms with Crippen LogP contribution in [0.5, 0.6) is 17.2 Å². The minimum Gasteiger partial charge on any atom is -0.494 e. The van der Waals surface area contributed by atoms with Gasteiger partial charge in [0.05, 0.1) is 42.3 Å². The van der Waals surface area contributed by atoms with Gasteiger partial charge in [0, 0.05) is 18.9 Å². The van der Waals surface area contributed by atoms with Gasteiger partial charge in [-0.05, 0) is 122 Å². The highest BCUT2D eigenvalue weighted by Gasteiger charge is 2.15. The molecule has 0 amide bonds. The van der Waals surface area contributed by atoms with E-state index in [9.17, 15) is 19.2 Å². The van der Waals surface area contributed by atoms with Crippen molar-refractivity contribution in [3.8, 4) is 17.2 Å². The second-order valence-corrected chi connectivity index (χ2v) is 13.6. The Bertz CT molecular complexity index is 1910. The maximum absolute atomic E-state index is 12.9. The number of rotatable bonds is 18. The lowest BCUT2D eigenvalue weighted by atomic mass is 9.91. The van der Waals surface area contributed by atoms with Gasteiger partial charge in [-0.2, -0.15) is 10.2 Å². The van der Waals surface area contributed by atoms with Gasteiger partial charge in [0.2, 0.25) is 0 Å². The molecule has 0 atom stereocenters. The van der Waals surface area contributed by atoms with Gasteiger partial charge >= 0.3 is 23.9 Å². The summed E-state index contributed by atoms with van der Waals surface area (Å²) in [5.41, 5.74) is 3.63. The SMILES string of the molecule is C=CC(=O)OCCc1ccc(N=Nc2ccc(OC(=O)c3ccc(OC(=O)c4ccc(OCCCCOC(=O)CCC(C)(C)C)cc4)cc3)c(C)c2)cc1. The fraction of sp³-hybridized carbons (Fsp3) is 0.302. The molecule has 0 aliphatic heterocycles. The van der Waals surface area contributed by atoms with Crippen LogP contribution in [0.15, 0.2) is 114 Å². The number of benzene rings is 4. The van der Waals surface area contributed by atoms with Gasteiger partial charge in [-0.25, -0.2) is 14.4 Å². The fourth-order valence-corrected chi connectivity index (χ4v) is 4.78. The van der Waals surface area contributed by atoms with Crippen LogP contribution in [-0.2, 0) is 25.5 Å². The summed E-state index contributed by atoms with van der Waals surface area (Å²) in [6.45, 7) is 12.5. The van der Waals surface area contributed by atoms with Crippen molar-refractivity contribution in [3.63, 3.8) is 0 Å². The molecule has 0 aliphatic rings. The molecule has 0 N–H and O–H groups in total. The molecule has 0 unspecified atom stereocenters. The first-order valence-corrected chi connectivity index (χ1v) is 17.7. The zero-order valence-corrected chi connectivity index (χ0v) is 31.2. The lowest BCUT2D eigenvalue weighted by Crippen LogP contribution is -2.12. The Morgan fingerprint density at radius 2 is 1.28 bits per heavy atom. The summed E-state index contributed by atoms with van der Waals surface area (Å²) in [5, 5.41) is 8.55. The molecular formula is C43H46N2O9. The van der Waals surface area contributed by atoms with Crippen LogP contribution < -0.4 is 14.2 Å². The Morgan fingerprint density at radius 1 is 0.685 bits per heavy atom. The maximum Gasteiger partial charge on any atom is 0.343 e. The smallest absolute Gasteiger partial charge is 0.343 e. The van der Waals surface area contributed by atoms with E-state index in [0.717, 1.165) is 24.5 Å². The van der Waals surface area contributed by atoms with Crippen molar-refractivity contribution < 1.29 is 42.9 Å². The third kappa shape index (κ3) is 14.1. The number of ether oxygens (including phenoxy) is 5. The zero-order valence-electron chi connectivity index (χ0n) is 31.2. The fourth-order valence-electron chi connectivity index (χ4n) is 4.78. The Labute approximate surface area is 316 Å². The number of azo groups is 1. The molecule has 282 valence electrons. The summed E-state index contributed by atoms with van der Waals surface area (Å²) in [6, 6.07) is 25.2. The zero-order chi connectivity index (χ0) is 38.9. The van der Waals surface area contributed by atoms with Crippen molar-refractivity contribution in [1.82, 2.24) is 0 Å². The summed E-state index contributed by atoms with van der Waals surface area (Å²) in [7, 11) is 0. The standard InChI is InChI=1S/C43H46N2O9/c1-6-39(46)52-28-24-31-9-15-34(16-10-31)44-45-35-17-22-38(30(2)29-35)54-42(49)33-13-20-37(21-14-33)53-41(48)32-11-18-36(19-12-32)50-26-7-8-27-51-40(47)23-25-43(3,4)5/h6,9-22,29H,1,7-8,23-28H2,2-5H3. The van der Waals surface area contributed by atoms with Crippen LogP contribution >= 0.6 is 0 Å². The molecule has 0 saturated heterocycles. The van der Waals surface area contributed by atoms with Crippen molar-refractivity contribution in [1.29, 1.82) is 0 Å². The Morgan fingerprint density at radius 3 is 1.91 bits per heavy atom. The van der Waals surface area contributed by atoms with Gasteiger partial charge in [-0.3, -0.25) is 4.79 Å². The summed E-state index contributed by atoms with van der Waals surface area (Å²) in [6.07, 6.45) is 4.33. The van der Waals surface area contributed by atoms with Crippen LogP contribution in [0.25, 0.3) is 0 Å². The molecule has 0 radical (unpaired) electrons. The monoisotopic (exact) mass is 734 g/mol. The predicted octanol–water partition coefficient (Wildman–Crippen LogP) is 9.65. The number of esters is 4. The quantitative estimate of drug-likeness (QED) is 0.0321. The number of hydrogen-bond donors (Lipinski definition) is 0. The van der Waals surface area contributed by atoms with Crippen LogP contribution in [0.3, 0.4) is 0 Å². The number of aryl methyl sites for hydroxylation is 1. The highest BCUT2D eigenvalue weighted by molar-refractivity contribution is 5.93. The van der Waals surface area contributed by atoms with Crippen LogP contribution in [0, 0.1) is 12.3 Å². The minimum absolute atomic E-state index is 0.0986. The van der Waals surface area contributed by atoms with Gasteiger partial charge < -0.3 is 23.7 Å². The van der Waals surface area contributed by atoms with E-state index in [1.54, 1.807) is 49.4 Å². The predicted molar refractivity (Wildman–Crippen MR) is 204 cm³/mol. The van der Waals surface area contributed by atoms with Crippen molar-refractivity contribution in [2.24, 2.45) is 15.6 Å². The number of hydrogen-bond acceptors (Lipinski definition) is 11. The molecule has 0 aliphatic carbocycles. The Balaban J connectivity index is 1.18. The summed E-state index contributed by atoms with van der Waals surface area (Å²) in [5.74, 6) is -0.509. The Kier molecular flexibility index (Phi) is 15.2. The highest BCUT2D eigenvalue weighted by atomic mass is 16.5. The van der Waals surface area contributed by atoms with Crippen molar-refractivity contribution in [2.75, 3.05) is 19.8 Å². The first-order chi connectivity index (χ1) is 25.9. The molecule has 4 aromatic rings. The van der Waals surface area contributed by atoms with E-state index in [0.29, 0.717) is 66.5 Å². The van der Waals surface area contributed by atoms with E-state index in [4.69, 9.17) is 23.7 Å². The lowest BCUT2D eigenvalue weighted by Gasteiger charge is -2.16. The van der Waals surface area contributed by atoms with Crippen molar-refractivity contribution >= 4 is 35.3 Å². The van der Waals surface area contributed by atoms with Crippen molar-refractivity contribution in [2.45, 2.75) is 59.8 Å². The van der Waals surface area contributed by atoms with Crippen LogP contribution in [-0.4, -0.2) is 43.7 Å². The summed E-state index contributed by atoms with van der Waals surface area (Å²) >= 11 is 0. The molecule has 0 bridgehead atoms. The van der Waals surface area contributed by atoms with Gasteiger partial charge in [0.1, 0.15) is 17.2 Å². The molecule has 0 saturated carbocycles. The van der Waals surface area contributed by atoms with Crippen LogP contribution in [0.4, 0.5) is 11.4 Å². The second-order valence-electron chi connectivity index (χ2n) is 13.6. The first kappa shape index (κ1) is 40.7. The van der Waals surface area contributed by atoms with E-state index in [-0.39, 0.29) is 29.3 Å². The third-order valence-electron chi connectivity index (χ3n) is 7.92. The normalized spacial score (nSPS) is 11.1. The van der Waals surface area contributed by atoms with E-state index in [2.05, 4.69) is 37.6 Å². The molecule has 0 heterocycles. The molecule has 4 aromatic carbocycles. The van der Waals surface area contributed by atoms with E-state index in [1.165, 1.54) is 24.3 Å². The van der Waals surface area contributed by atoms with Crippen molar-refractivity contribution in [3.05, 3.63) is 126 Å². The van der Waals surface area contributed by atoms with E-state index < -0.39 is 17.9 Å². The molecule has 54 heavy (non-hydrogen) atoms. The average molecular weight is 735 g/mol. The molecular weight excluding hydrogens is 688 g/mol.